The molecule has 0 N–H and O–H groups in total. The van der Waals surface area contributed by atoms with Crippen molar-refractivity contribution in [2.75, 3.05) is 0 Å². The summed E-state index contributed by atoms with van der Waals surface area (Å²) in [5.41, 5.74) is 2.14. The molecule has 0 saturated carbocycles. The SMILES string of the molecule is Cc1nc(Cl)ccc1CSc1nnc(C)n1CCc1cccs1. The average Bonchev–Trinajstić information content (AvgIpc) is 3.14. The van der Waals surface area contributed by atoms with Crippen LogP contribution in [0.3, 0.4) is 0 Å². The van der Waals surface area contributed by atoms with Crippen LogP contribution in [-0.2, 0) is 18.7 Å². The summed E-state index contributed by atoms with van der Waals surface area (Å²) in [5, 5.41) is 12.1. The minimum Gasteiger partial charge on any atom is -0.306 e. The molecule has 7 heteroatoms. The van der Waals surface area contributed by atoms with Crippen molar-refractivity contribution in [3.05, 3.63) is 56.8 Å². The Morgan fingerprint density at radius 1 is 1.22 bits per heavy atom. The van der Waals surface area contributed by atoms with Gasteiger partial charge in [0.2, 0.25) is 0 Å². The Bertz CT molecular complexity index is 783. The highest BCUT2D eigenvalue weighted by atomic mass is 35.5. The summed E-state index contributed by atoms with van der Waals surface area (Å²) in [4.78, 5) is 5.68. The molecule has 0 unspecified atom stereocenters. The molecule has 0 spiro atoms. The van der Waals surface area contributed by atoms with Crippen molar-refractivity contribution < 1.29 is 0 Å². The number of aromatic nitrogens is 4. The summed E-state index contributed by atoms with van der Waals surface area (Å²) in [6, 6.07) is 8.11. The number of pyridine rings is 1. The Morgan fingerprint density at radius 2 is 2.09 bits per heavy atom. The number of rotatable bonds is 6. The zero-order valence-electron chi connectivity index (χ0n) is 13.0. The molecule has 0 atom stereocenters. The molecule has 3 heterocycles. The molecule has 0 fully saturated rings. The van der Waals surface area contributed by atoms with Gasteiger partial charge in [0, 0.05) is 22.9 Å². The smallest absolute Gasteiger partial charge is 0.191 e. The van der Waals surface area contributed by atoms with E-state index >= 15 is 0 Å². The average molecular weight is 365 g/mol. The van der Waals surface area contributed by atoms with Crippen molar-refractivity contribution >= 4 is 34.7 Å². The van der Waals surface area contributed by atoms with Gasteiger partial charge >= 0.3 is 0 Å². The Labute approximate surface area is 148 Å². The second-order valence-corrected chi connectivity index (χ2v) is 7.54. The molecule has 0 radical (unpaired) electrons. The molecule has 3 aromatic heterocycles. The van der Waals surface area contributed by atoms with Crippen molar-refractivity contribution in [3.8, 4) is 0 Å². The molecule has 0 aliphatic carbocycles. The van der Waals surface area contributed by atoms with Gasteiger partial charge in [0.15, 0.2) is 5.16 Å². The molecule has 0 bridgehead atoms. The van der Waals surface area contributed by atoms with Crippen LogP contribution < -0.4 is 0 Å². The van der Waals surface area contributed by atoms with Gasteiger partial charge in [-0.1, -0.05) is 35.5 Å². The lowest BCUT2D eigenvalue weighted by Gasteiger charge is -2.08. The fraction of sp³-hybridized carbons (Fsp3) is 0.312. The molecular weight excluding hydrogens is 348 g/mol. The summed E-state index contributed by atoms with van der Waals surface area (Å²) in [6.45, 7) is 4.88. The predicted octanol–water partition coefficient (Wildman–Crippen LogP) is 4.54. The Kier molecular flexibility index (Phi) is 5.35. The van der Waals surface area contributed by atoms with Crippen LogP contribution in [0.2, 0.25) is 5.15 Å². The van der Waals surface area contributed by atoms with Crippen molar-refractivity contribution in [3.63, 3.8) is 0 Å². The second kappa shape index (κ2) is 7.47. The van der Waals surface area contributed by atoms with Gasteiger partial charge in [-0.15, -0.1) is 21.5 Å². The maximum atomic E-state index is 5.91. The highest BCUT2D eigenvalue weighted by Crippen LogP contribution is 2.24. The maximum Gasteiger partial charge on any atom is 0.191 e. The zero-order chi connectivity index (χ0) is 16.2. The fourth-order valence-electron chi connectivity index (χ4n) is 2.26. The molecule has 0 amide bonds. The number of hydrogen-bond acceptors (Lipinski definition) is 5. The number of aryl methyl sites for hydroxylation is 3. The van der Waals surface area contributed by atoms with Crippen molar-refractivity contribution in [2.45, 2.75) is 37.7 Å². The summed E-state index contributed by atoms with van der Waals surface area (Å²) >= 11 is 9.39. The van der Waals surface area contributed by atoms with E-state index in [1.165, 1.54) is 10.4 Å². The minimum absolute atomic E-state index is 0.534. The van der Waals surface area contributed by atoms with Crippen LogP contribution in [0.4, 0.5) is 0 Å². The van der Waals surface area contributed by atoms with Gasteiger partial charge in [-0.25, -0.2) is 4.98 Å². The summed E-state index contributed by atoms with van der Waals surface area (Å²) in [6.07, 6.45) is 1.01. The van der Waals surface area contributed by atoms with Gasteiger partial charge in [-0.2, -0.15) is 0 Å². The van der Waals surface area contributed by atoms with Crippen LogP contribution in [0.15, 0.2) is 34.8 Å². The molecule has 0 aliphatic heterocycles. The molecule has 0 aromatic carbocycles. The lowest BCUT2D eigenvalue weighted by Crippen LogP contribution is -2.04. The normalized spacial score (nSPS) is 11.1. The summed E-state index contributed by atoms with van der Waals surface area (Å²) < 4.78 is 2.18. The van der Waals surface area contributed by atoms with E-state index in [0.717, 1.165) is 35.4 Å². The lowest BCUT2D eigenvalue weighted by molar-refractivity contribution is 0.621. The second-order valence-electron chi connectivity index (χ2n) is 5.18. The molecule has 23 heavy (non-hydrogen) atoms. The van der Waals surface area contributed by atoms with Crippen molar-refractivity contribution in [1.29, 1.82) is 0 Å². The van der Waals surface area contributed by atoms with E-state index in [1.807, 2.05) is 26.0 Å². The predicted molar refractivity (Wildman–Crippen MR) is 96.3 cm³/mol. The Morgan fingerprint density at radius 3 is 2.83 bits per heavy atom. The van der Waals surface area contributed by atoms with Crippen LogP contribution >= 0.6 is 34.7 Å². The van der Waals surface area contributed by atoms with Crippen LogP contribution in [-0.4, -0.2) is 19.7 Å². The van der Waals surface area contributed by atoms with Gasteiger partial charge in [0.1, 0.15) is 11.0 Å². The fourth-order valence-corrected chi connectivity index (χ4v) is 4.21. The largest absolute Gasteiger partial charge is 0.306 e. The molecule has 3 aromatic rings. The van der Waals surface area contributed by atoms with Crippen molar-refractivity contribution in [2.24, 2.45) is 0 Å². The molecule has 4 nitrogen and oxygen atoms in total. The summed E-state index contributed by atoms with van der Waals surface area (Å²) in [7, 11) is 0. The molecule has 120 valence electrons. The van der Waals surface area contributed by atoms with Gasteiger partial charge in [0.05, 0.1) is 0 Å². The first-order valence-electron chi connectivity index (χ1n) is 7.30. The molecule has 3 rings (SSSR count). The van der Waals surface area contributed by atoms with Crippen LogP contribution in [0.5, 0.6) is 0 Å². The van der Waals surface area contributed by atoms with E-state index in [1.54, 1.807) is 23.1 Å². The van der Waals surface area contributed by atoms with E-state index in [9.17, 15) is 0 Å². The highest BCUT2D eigenvalue weighted by Gasteiger charge is 2.11. The molecule has 0 saturated heterocycles. The van der Waals surface area contributed by atoms with E-state index in [-0.39, 0.29) is 0 Å². The first kappa shape index (κ1) is 16.5. The number of thioether (sulfide) groups is 1. The van der Waals surface area contributed by atoms with Crippen LogP contribution in [0.25, 0.3) is 0 Å². The standard InChI is InChI=1S/C16H17ClN4S2/c1-11-13(5-6-15(17)18-11)10-23-16-20-19-12(2)21(16)8-7-14-4-3-9-22-14/h3-6,9H,7-8,10H2,1-2H3. The third-order valence-electron chi connectivity index (χ3n) is 3.58. The topological polar surface area (TPSA) is 43.6 Å². The monoisotopic (exact) mass is 364 g/mol. The van der Waals surface area contributed by atoms with E-state index in [4.69, 9.17) is 11.6 Å². The zero-order valence-corrected chi connectivity index (χ0v) is 15.4. The minimum atomic E-state index is 0.534. The number of halogens is 1. The Balaban J connectivity index is 1.68. The van der Waals surface area contributed by atoms with Gasteiger partial charge in [-0.05, 0) is 43.3 Å². The number of thiophene rings is 1. The van der Waals surface area contributed by atoms with Crippen LogP contribution in [0, 0.1) is 13.8 Å². The van der Waals surface area contributed by atoms with Gasteiger partial charge in [-0.3, -0.25) is 0 Å². The quantitative estimate of drug-likeness (QED) is 0.475. The van der Waals surface area contributed by atoms with Crippen molar-refractivity contribution in [1.82, 2.24) is 19.7 Å². The molecule has 0 aliphatic rings. The highest BCUT2D eigenvalue weighted by molar-refractivity contribution is 7.98. The summed E-state index contributed by atoms with van der Waals surface area (Å²) in [5.74, 6) is 1.77. The van der Waals surface area contributed by atoms with E-state index < -0.39 is 0 Å². The first-order chi connectivity index (χ1) is 11.1. The third-order valence-corrected chi connectivity index (χ3v) is 5.74. The van der Waals surface area contributed by atoms with E-state index in [2.05, 4.69) is 37.3 Å². The third kappa shape index (κ3) is 4.13. The first-order valence-corrected chi connectivity index (χ1v) is 9.55. The number of hydrogen-bond donors (Lipinski definition) is 0. The number of nitrogens with zero attached hydrogens (tertiary/aromatic N) is 4. The Hall–Kier alpha value is -1.37. The maximum absolute atomic E-state index is 5.91. The van der Waals surface area contributed by atoms with E-state index in [0.29, 0.717) is 5.15 Å². The van der Waals surface area contributed by atoms with Gasteiger partial charge < -0.3 is 4.57 Å². The van der Waals surface area contributed by atoms with Gasteiger partial charge in [0.25, 0.3) is 0 Å². The molecular formula is C16H17ClN4S2. The van der Waals surface area contributed by atoms with Crippen LogP contribution in [0.1, 0.15) is 22.0 Å². The lowest BCUT2D eigenvalue weighted by atomic mass is 10.2.